The Morgan fingerprint density at radius 3 is 2.06 bits per heavy atom. The first kappa shape index (κ1) is 19.6. The first-order valence-electron chi connectivity index (χ1n) is 9.34. The van der Waals surface area contributed by atoms with Gasteiger partial charge >= 0.3 is 0 Å². The van der Waals surface area contributed by atoms with Gasteiger partial charge in [0.1, 0.15) is 0 Å². The molecule has 0 aliphatic rings. The number of nitrogens with zero attached hydrogens (tertiary/aromatic N) is 6. The first-order chi connectivity index (χ1) is 15.2. The van der Waals surface area contributed by atoms with Gasteiger partial charge < -0.3 is 0 Å². The van der Waals surface area contributed by atoms with Gasteiger partial charge in [-0.3, -0.25) is 10.1 Å². The molecule has 0 atom stereocenters. The van der Waals surface area contributed by atoms with E-state index in [1.54, 1.807) is 24.6 Å². The van der Waals surface area contributed by atoms with Gasteiger partial charge in [-0.25, -0.2) is 5.43 Å². The molecule has 0 amide bonds. The Hall–Kier alpha value is -4.66. The number of rotatable bonds is 7. The van der Waals surface area contributed by atoms with E-state index >= 15 is 0 Å². The van der Waals surface area contributed by atoms with Crippen LogP contribution >= 0.6 is 0 Å². The van der Waals surface area contributed by atoms with Gasteiger partial charge in [-0.05, 0) is 23.3 Å². The lowest BCUT2D eigenvalue weighted by Crippen LogP contribution is -2.01. The molecule has 31 heavy (non-hydrogen) atoms. The van der Waals surface area contributed by atoms with Gasteiger partial charge in [0.25, 0.3) is 11.6 Å². The van der Waals surface area contributed by atoms with E-state index < -0.39 is 4.92 Å². The van der Waals surface area contributed by atoms with Crippen molar-refractivity contribution < 1.29 is 4.92 Å². The van der Waals surface area contributed by atoms with Crippen molar-refractivity contribution in [3.05, 3.63) is 106 Å². The SMILES string of the molecule is O=[N+]([O-])c1ccc(-c2nnc(N/N=C\c3ccccc3)n2/N=C\c2ccccc2)cc1. The number of benzene rings is 3. The summed E-state index contributed by atoms with van der Waals surface area (Å²) in [5.41, 5.74) is 5.29. The smallest absolute Gasteiger partial charge is 0.258 e. The van der Waals surface area contributed by atoms with Crippen molar-refractivity contribution in [3.8, 4) is 11.4 Å². The average molecular weight is 411 g/mol. The molecule has 3 aromatic carbocycles. The van der Waals surface area contributed by atoms with E-state index in [4.69, 9.17) is 0 Å². The predicted octanol–water partition coefficient (Wildman–Crippen LogP) is 4.18. The van der Waals surface area contributed by atoms with Gasteiger partial charge in [0.05, 0.1) is 17.4 Å². The topological polar surface area (TPSA) is 111 Å². The maximum atomic E-state index is 10.9. The van der Waals surface area contributed by atoms with Crippen LogP contribution in [0.15, 0.2) is 95.1 Å². The maximum Gasteiger partial charge on any atom is 0.269 e. The quantitative estimate of drug-likeness (QED) is 0.279. The number of aromatic nitrogens is 3. The molecule has 0 bridgehead atoms. The Labute approximate surface area is 177 Å². The third-order valence-corrected chi connectivity index (χ3v) is 4.28. The van der Waals surface area contributed by atoms with Gasteiger partial charge in [-0.15, -0.1) is 10.2 Å². The molecule has 0 fully saturated rings. The van der Waals surface area contributed by atoms with E-state index in [2.05, 4.69) is 25.8 Å². The van der Waals surface area contributed by atoms with Crippen LogP contribution in [-0.2, 0) is 0 Å². The standard InChI is InChI=1S/C22H17N7O2/c30-29(31)20-13-11-19(12-14-20)21-25-27-22(26-23-15-17-7-3-1-4-8-17)28(21)24-16-18-9-5-2-6-10-18/h1-16H,(H,26,27)/b23-15-,24-16-. The van der Waals surface area contributed by atoms with Crippen molar-refractivity contribution in [2.24, 2.45) is 10.2 Å². The monoisotopic (exact) mass is 411 g/mol. The van der Waals surface area contributed by atoms with E-state index in [9.17, 15) is 10.1 Å². The van der Waals surface area contributed by atoms with Crippen molar-refractivity contribution >= 4 is 24.1 Å². The van der Waals surface area contributed by atoms with Crippen molar-refractivity contribution in [1.82, 2.24) is 14.9 Å². The lowest BCUT2D eigenvalue weighted by atomic mass is 10.2. The molecule has 1 N–H and O–H groups in total. The summed E-state index contributed by atoms with van der Waals surface area (Å²) < 4.78 is 1.50. The van der Waals surface area contributed by atoms with Crippen LogP contribution in [0.3, 0.4) is 0 Å². The largest absolute Gasteiger partial charge is 0.269 e. The van der Waals surface area contributed by atoms with Crippen LogP contribution in [0.25, 0.3) is 11.4 Å². The van der Waals surface area contributed by atoms with Gasteiger partial charge in [0.15, 0.2) is 5.82 Å². The van der Waals surface area contributed by atoms with Gasteiger partial charge in [-0.1, -0.05) is 60.7 Å². The molecular weight excluding hydrogens is 394 g/mol. The van der Waals surface area contributed by atoms with Crippen LogP contribution < -0.4 is 5.43 Å². The number of non-ortho nitro benzene ring substituents is 1. The summed E-state index contributed by atoms with van der Waals surface area (Å²) in [4.78, 5) is 10.5. The van der Waals surface area contributed by atoms with E-state index in [0.717, 1.165) is 11.1 Å². The zero-order valence-electron chi connectivity index (χ0n) is 16.2. The number of nitro groups is 1. The van der Waals surface area contributed by atoms with Crippen LogP contribution in [-0.4, -0.2) is 32.2 Å². The molecular formula is C22H17N7O2. The highest BCUT2D eigenvalue weighted by Gasteiger charge is 2.14. The number of hydrazone groups is 1. The van der Waals surface area contributed by atoms with Crippen molar-refractivity contribution in [2.45, 2.75) is 0 Å². The molecule has 9 nitrogen and oxygen atoms in total. The van der Waals surface area contributed by atoms with Crippen molar-refractivity contribution in [2.75, 3.05) is 5.43 Å². The lowest BCUT2D eigenvalue weighted by Gasteiger charge is -2.04. The second-order valence-electron chi connectivity index (χ2n) is 6.40. The number of hydrogen-bond donors (Lipinski definition) is 1. The summed E-state index contributed by atoms with van der Waals surface area (Å²) >= 11 is 0. The fourth-order valence-electron chi connectivity index (χ4n) is 2.74. The first-order valence-corrected chi connectivity index (χ1v) is 9.34. The van der Waals surface area contributed by atoms with Crippen molar-refractivity contribution in [3.63, 3.8) is 0 Å². The fraction of sp³-hybridized carbons (Fsp3) is 0. The van der Waals surface area contributed by atoms with Crippen LogP contribution in [0.1, 0.15) is 11.1 Å². The summed E-state index contributed by atoms with van der Waals surface area (Å²) in [5, 5.41) is 28.0. The molecule has 4 rings (SSSR count). The molecule has 0 saturated carbocycles. The fourth-order valence-corrected chi connectivity index (χ4v) is 2.74. The van der Waals surface area contributed by atoms with Crippen LogP contribution in [0.5, 0.6) is 0 Å². The Kier molecular flexibility index (Phi) is 5.85. The molecule has 1 aromatic heterocycles. The van der Waals surface area contributed by atoms with Gasteiger partial charge in [0.2, 0.25) is 0 Å². The predicted molar refractivity (Wildman–Crippen MR) is 119 cm³/mol. The Morgan fingerprint density at radius 1 is 0.839 bits per heavy atom. The van der Waals surface area contributed by atoms with E-state index in [1.165, 1.54) is 16.8 Å². The number of nitrogens with one attached hydrogen (secondary N) is 1. The molecule has 0 saturated heterocycles. The zero-order valence-corrected chi connectivity index (χ0v) is 16.2. The Balaban J connectivity index is 1.66. The second kappa shape index (κ2) is 9.23. The third-order valence-electron chi connectivity index (χ3n) is 4.28. The van der Waals surface area contributed by atoms with E-state index in [-0.39, 0.29) is 5.69 Å². The highest BCUT2D eigenvalue weighted by atomic mass is 16.6. The zero-order chi connectivity index (χ0) is 21.5. The summed E-state index contributed by atoms with van der Waals surface area (Å²) in [7, 11) is 0. The summed E-state index contributed by atoms with van der Waals surface area (Å²) in [6.45, 7) is 0. The molecule has 0 radical (unpaired) electrons. The molecule has 152 valence electrons. The van der Waals surface area contributed by atoms with Crippen LogP contribution in [0.4, 0.5) is 11.6 Å². The summed E-state index contributed by atoms with van der Waals surface area (Å²) in [6.07, 6.45) is 3.33. The molecule has 0 spiro atoms. The van der Waals surface area contributed by atoms with Crippen LogP contribution in [0, 0.1) is 10.1 Å². The Morgan fingerprint density at radius 2 is 1.45 bits per heavy atom. The number of hydrogen-bond acceptors (Lipinski definition) is 7. The lowest BCUT2D eigenvalue weighted by molar-refractivity contribution is -0.384. The molecule has 0 aliphatic carbocycles. The van der Waals surface area contributed by atoms with Gasteiger partial charge in [-0.2, -0.15) is 14.9 Å². The minimum atomic E-state index is -0.451. The normalized spacial score (nSPS) is 11.2. The van der Waals surface area contributed by atoms with Crippen LogP contribution in [0.2, 0.25) is 0 Å². The van der Waals surface area contributed by atoms with Crippen molar-refractivity contribution in [1.29, 1.82) is 0 Å². The number of nitro benzene ring substituents is 1. The van der Waals surface area contributed by atoms with Gasteiger partial charge in [0, 0.05) is 17.7 Å². The molecule has 9 heteroatoms. The summed E-state index contributed by atoms with van der Waals surface area (Å²) in [5.74, 6) is 0.715. The highest BCUT2D eigenvalue weighted by Crippen LogP contribution is 2.23. The van der Waals surface area contributed by atoms with E-state index in [1.807, 2.05) is 60.7 Å². The number of anilines is 1. The minimum absolute atomic E-state index is 0.00610. The minimum Gasteiger partial charge on any atom is -0.258 e. The van der Waals surface area contributed by atoms with E-state index in [0.29, 0.717) is 17.3 Å². The summed E-state index contributed by atoms with van der Waals surface area (Å²) in [6, 6.07) is 25.2. The maximum absolute atomic E-state index is 10.9. The molecule has 0 aliphatic heterocycles. The third kappa shape index (κ3) is 4.85. The highest BCUT2D eigenvalue weighted by molar-refractivity contribution is 5.80. The average Bonchev–Trinajstić information content (AvgIpc) is 3.22. The molecule has 0 unspecified atom stereocenters. The second-order valence-corrected chi connectivity index (χ2v) is 6.40. The molecule has 1 heterocycles. The molecule has 4 aromatic rings. The Bertz CT molecular complexity index is 1220.